The molecule has 0 saturated carbocycles. The second-order valence-electron chi connectivity index (χ2n) is 6.34. The molecule has 138 valence electrons. The Bertz CT molecular complexity index is 995. The Labute approximate surface area is 159 Å². The van der Waals surface area contributed by atoms with Gasteiger partial charge in [-0.1, -0.05) is 18.2 Å². The number of carboxylic acids is 1. The fourth-order valence-corrected chi connectivity index (χ4v) is 4.19. The first-order valence-corrected chi connectivity index (χ1v) is 9.53. The third-order valence-electron chi connectivity index (χ3n) is 4.75. The predicted molar refractivity (Wildman–Crippen MR) is 103 cm³/mol. The maximum Gasteiger partial charge on any atom is 0.335 e. The van der Waals surface area contributed by atoms with Crippen molar-refractivity contribution in [3.63, 3.8) is 0 Å². The van der Waals surface area contributed by atoms with Gasteiger partial charge in [-0.3, -0.25) is 4.79 Å². The van der Waals surface area contributed by atoms with Crippen molar-refractivity contribution in [1.29, 1.82) is 0 Å². The quantitative estimate of drug-likeness (QED) is 0.745. The van der Waals surface area contributed by atoms with Gasteiger partial charge in [-0.2, -0.15) is 0 Å². The lowest BCUT2D eigenvalue weighted by atomic mass is 10.0. The van der Waals surface area contributed by atoms with Gasteiger partial charge in [0, 0.05) is 26.2 Å². The molecule has 2 aromatic heterocycles. The standard InChI is InChI=1S/C19H18N4O3S/c24-16(11-13-3-1-2-4-14(13)19(25)26)22-6-8-23(9-7-22)18-17-15(5-10-27-17)20-12-21-18/h1-5,10,12H,6-9,11H2,(H,25,26). The van der Waals surface area contributed by atoms with E-state index < -0.39 is 5.97 Å². The van der Waals surface area contributed by atoms with Gasteiger partial charge in [0.25, 0.3) is 0 Å². The van der Waals surface area contributed by atoms with E-state index in [0.29, 0.717) is 31.7 Å². The van der Waals surface area contributed by atoms with Crippen LogP contribution in [0, 0.1) is 0 Å². The molecule has 0 radical (unpaired) electrons. The van der Waals surface area contributed by atoms with Gasteiger partial charge in [-0.25, -0.2) is 14.8 Å². The molecule has 1 fully saturated rings. The van der Waals surface area contributed by atoms with E-state index in [4.69, 9.17) is 0 Å². The molecule has 1 aliphatic rings. The van der Waals surface area contributed by atoms with Gasteiger partial charge in [-0.15, -0.1) is 11.3 Å². The third-order valence-corrected chi connectivity index (χ3v) is 5.65. The van der Waals surface area contributed by atoms with E-state index in [2.05, 4.69) is 14.9 Å². The van der Waals surface area contributed by atoms with Crippen LogP contribution in [0.4, 0.5) is 5.82 Å². The van der Waals surface area contributed by atoms with E-state index in [1.165, 1.54) is 6.07 Å². The van der Waals surface area contributed by atoms with Gasteiger partial charge in [0.1, 0.15) is 12.1 Å². The summed E-state index contributed by atoms with van der Waals surface area (Å²) in [6.45, 7) is 2.56. The van der Waals surface area contributed by atoms with Crippen molar-refractivity contribution in [2.45, 2.75) is 6.42 Å². The molecule has 0 aliphatic carbocycles. The number of anilines is 1. The van der Waals surface area contributed by atoms with Crippen molar-refractivity contribution in [3.8, 4) is 0 Å². The molecule has 8 heteroatoms. The van der Waals surface area contributed by atoms with Gasteiger partial charge in [0.05, 0.1) is 22.2 Å². The van der Waals surface area contributed by atoms with Crippen molar-refractivity contribution in [2.24, 2.45) is 0 Å². The highest BCUT2D eigenvalue weighted by molar-refractivity contribution is 7.17. The maximum atomic E-state index is 12.6. The number of carbonyl (C=O) groups is 2. The highest BCUT2D eigenvalue weighted by Gasteiger charge is 2.24. The van der Waals surface area contributed by atoms with Gasteiger partial charge in [0.15, 0.2) is 0 Å². The molecule has 0 bridgehead atoms. The van der Waals surface area contributed by atoms with Crippen LogP contribution in [0.2, 0.25) is 0 Å². The zero-order chi connectivity index (χ0) is 18.8. The van der Waals surface area contributed by atoms with Gasteiger partial charge in [0.2, 0.25) is 5.91 Å². The lowest BCUT2D eigenvalue weighted by Crippen LogP contribution is -2.49. The summed E-state index contributed by atoms with van der Waals surface area (Å²) in [6, 6.07) is 8.64. The molecule has 7 nitrogen and oxygen atoms in total. The van der Waals surface area contributed by atoms with Crippen molar-refractivity contribution < 1.29 is 14.7 Å². The summed E-state index contributed by atoms with van der Waals surface area (Å²) in [4.78, 5) is 36.6. The molecule has 3 aromatic rings. The summed E-state index contributed by atoms with van der Waals surface area (Å²) >= 11 is 1.62. The number of thiophene rings is 1. The number of rotatable bonds is 4. The van der Waals surface area contributed by atoms with Crippen molar-refractivity contribution in [2.75, 3.05) is 31.1 Å². The number of fused-ring (bicyclic) bond motifs is 1. The number of hydrogen-bond acceptors (Lipinski definition) is 6. The number of amides is 1. The number of aromatic carboxylic acids is 1. The van der Waals surface area contributed by atoms with Crippen LogP contribution in [0.1, 0.15) is 15.9 Å². The highest BCUT2D eigenvalue weighted by Crippen LogP contribution is 2.28. The van der Waals surface area contributed by atoms with Crippen molar-refractivity contribution in [1.82, 2.24) is 14.9 Å². The zero-order valence-corrected chi connectivity index (χ0v) is 15.4. The normalized spacial score (nSPS) is 14.5. The van der Waals surface area contributed by atoms with Gasteiger partial charge < -0.3 is 14.9 Å². The van der Waals surface area contributed by atoms with Crippen LogP contribution in [-0.4, -0.2) is 58.0 Å². The minimum Gasteiger partial charge on any atom is -0.478 e. The Morgan fingerprint density at radius 2 is 1.85 bits per heavy atom. The van der Waals surface area contributed by atoms with E-state index in [1.807, 2.05) is 11.4 Å². The zero-order valence-electron chi connectivity index (χ0n) is 14.5. The van der Waals surface area contributed by atoms with Crippen LogP contribution in [0.25, 0.3) is 10.2 Å². The van der Waals surface area contributed by atoms with Crippen LogP contribution in [0.3, 0.4) is 0 Å². The average Bonchev–Trinajstić information content (AvgIpc) is 3.17. The molecule has 0 unspecified atom stereocenters. The molecular weight excluding hydrogens is 364 g/mol. The van der Waals surface area contributed by atoms with E-state index in [1.54, 1.807) is 40.8 Å². The summed E-state index contributed by atoms with van der Waals surface area (Å²) in [6.07, 6.45) is 1.68. The summed E-state index contributed by atoms with van der Waals surface area (Å²) < 4.78 is 1.06. The first-order chi connectivity index (χ1) is 13.1. The maximum absolute atomic E-state index is 12.6. The number of carbonyl (C=O) groups excluding carboxylic acids is 1. The number of nitrogens with zero attached hydrogens (tertiary/aromatic N) is 4. The Kier molecular flexibility index (Phi) is 4.72. The molecule has 0 atom stereocenters. The van der Waals surface area contributed by atoms with E-state index in [9.17, 15) is 14.7 Å². The first-order valence-electron chi connectivity index (χ1n) is 8.65. The molecule has 1 amide bonds. The molecule has 27 heavy (non-hydrogen) atoms. The lowest BCUT2D eigenvalue weighted by Gasteiger charge is -2.35. The summed E-state index contributed by atoms with van der Waals surface area (Å²) in [5.41, 5.74) is 1.67. The Hall–Kier alpha value is -3.00. The predicted octanol–water partition coefficient (Wildman–Crippen LogP) is 2.28. The van der Waals surface area contributed by atoms with Crippen LogP contribution >= 0.6 is 11.3 Å². The number of hydrogen-bond donors (Lipinski definition) is 1. The molecule has 4 rings (SSSR count). The molecule has 1 N–H and O–H groups in total. The summed E-state index contributed by atoms with van der Waals surface area (Å²) in [5, 5.41) is 11.3. The topological polar surface area (TPSA) is 86.6 Å². The lowest BCUT2D eigenvalue weighted by molar-refractivity contribution is -0.130. The van der Waals surface area contributed by atoms with Crippen LogP contribution < -0.4 is 4.90 Å². The highest BCUT2D eigenvalue weighted by atomic mass is 32.1. The molecule has 1 saturated heterocycles. The molecule has 1 aliphatic heterocycles. The van der Waals surface area contributed by atoms with E-state index >= 15 is 0 Å². The average molecular weight is 382 g/mol. The second-order valence-corrected chi connectivity index (χ2v) is 7.26. The molecular formula is C19H18N4O3S. The monoisotopic (exact) mass is 382 g/mol. The number of carboxylic acid groups (broad SMARTS) is 1. The van der Waals surface area contributed by atoms with Gasteiger partial charge in [-0.05, 0) is 23.1 Å². The molecule has 1 aromatic carbocycles. The molecule has 0 spiro atoms. The number of aromatic nitrogens is 2. The van der Waals surface area contributed by atoms with Gasteiger partial charge >= 0.3 is 5.97 Å². The smallest absolute Gasteiger partial charge is 0.335 e. The number of piperazine rings is 1. The number of benzene rings is 1. The minimum absolute atomic E-state index is 0.0488. The van der Waals surface area contributed by atoms with Crippen LogP contribution in [0.15, 0.2) is 42.0 Å². The largest absolute Gasteiger partial charge is 0.478 e. The minimum atomic E-state index is -1.01. The Morgan fingerprint density at radius 1 is 1.07 bits per heavy atom. The third kappa shape index (κ3) is 3.48. The summed E-state index contributed by atoms with van der Waals surface area (Å²) in [7, 11) is 0. The fourth-order valence-electron chi connectivity index (χ4n) is 3.33. The first kappa shape index (κ1) is 17.4. The van der Waals surface area contributed by atoms with Crippen LogP contribution in [0.5, 0.6) is 0 Å². The van der Waals surface area contributed by atoms with E-state index in [0.717, 1.165) is 16.0 Å². The van der Waals surface area contributed by atoms with Crippen molar-refractivity contribution >= 4 is 39.2 Å². The van der Waals surface area contributed by atoms with Crippen molar-refractivity contribution in [3.05, 3.63) is 53.2 Å². The Morgan fingerprint density at radius 3 is 2.63 bits per heavy atom. The summed E-state index contributed by atoms with van der Waals surface area (Å²) in [5.74, 6) is -0.141. The second kappa shape index (κ2) is 7.32. The Balaban J connectivity index is 1.43. The van der Waals surface area contributed by atoms with E-state index in [-0.39, 0.29) is 17.9 Å². The molecule has 3 heterocycles. The SMILES string of the molecule is O=C(O)c1ccccc1CC(=O)N1CCN(c2ncnc3ccsc23)CC1. The fraction of sp³-hybridized carbons (Fsp3) is 0.263. The van der Waals surface area contributed by atoms with Crippen LogP contribution in [-0.2, 0) is 11.2 Å².